The highest BCUT2D eigenvalue weighted by atomic mass is 16.5. The molecule has 0 aliphatic carbocycles. The fraction of sp³-hybridized carbons (Fsp3) is 0.625. The largest absolute Gasteiger partial charge is 0.375 e. The summed E-state index contributed by atoms with van der Waals surface area (Å²) in [5.74, 6) is 0.574. The van der Waals surface area contributed by atoms with E-state index in [4.69, 9.17) is 10.5 Å². The second-order valence-corrected chi connectivity index (χ2v) is 6.14. The third-order valence-electron chi connectivity index (χ3n) is 4.46. The molecule has 0 amide bonds. The number of hydrogen-bond donors (Lipinski definition) is 1. The lowest BCUT2D eigenvalue weighted by atomic mass is 9.82. The molecule has 0 spiro atoms. The van der Waals surface area contributed by atoms with Gasteiger partial charge in [-0.15, -0.1) is 0 Å². The lowest BCUT2D eigenvalue weighted by molar-refractivity contribution is 0.0885. The van der Waals surface area contributed by atoms with Gasteiger partial charge in [0.15, 0.2) is 0 Å². The van der Waals surface area contributed by atoms with Gasteiger partial charge in [0.25, 0.3) is 0 Å². The maximum atomic E-state index is 6.42. The van der Waals surface area contributed by atoms with E-state index in [-0.39, 0.29) is 6.04 Å². The molecule has 2 N–H and O–H groups in total. The minimum absolute atomic E-state index is 0.251. The molecule has 2 heterocycles. The van der Waals surface area contributed by atoms with Crippen molar-refractivity contribution >= 4 is 0 Å². The molecule has 4 unspecified atom stereocenters. The van der Waals surface area contributed by atoms with Crippen molar-refractivity contribution in [1.82, 2.24) is 0 Å². The third kappa shape index (κ3) is 2.32. The van der Waals surface area contributed by atoms with Crippen LogP contribution in [-0.2, 0) is 11.2 Å². The molecule has 2 saturated heterocycles. The van der Waals surface area contributed by atoms with E-state index in [1.54, 1.807) is 0 Å². The summed E-state index contributed by atoms with van der Waals surface area (Å²) >= 11 is 0. The van der Waals surface area contributed by atoms with Gasteiger partial charge in [-0.3, -0.25) is 0 Å². The smallest absolute Gasteiger partial charge is 0.0623 e. The van der Waals surface area contributed by atoms with Gasteiger partial charge in [-0.05, 0) is 45.1 Å². The van der Waals surface area contributed by atoms with Crippen molar-refractivity contribution in [3.05, 3.63) is 34.9 Å². The van der Waals surface area contributed by atoms with E-state index in [9.17, 15) is 0 Å². The van der Waals surface area contributed by atoms with Crippen LogP contribution in [0.2, 0.25) is 0 Å². The molecule has 98 valence electrons. The molecule has 0 saturated carbocycles. The van der Waals surface area contributed by atoms with Crippen LogP contribution in [-0.4, -0.2) is 18.2 Å². The molecule has 1 aromatic carbocycles. The maximum Gasteiger partial charge on any atom is 0.0623 e. The third-order valence-corrected chi connectivity index (χ3v) is 4.46. The molecule has 2 nitrogen and oxygen atoms in total. The van der Waals surface area contributed by atoms with E-state index in [1.807, 2.05) is 0 Å². The molecule has 4 atom stereocenters. The van der Waals surface area contributed by atoms with Crippen molar-refractivity contribution < 1.29 is 4.74 Å². The summed E-state index contributed by atoms with van der Waals surface area (Å²) in [6.45, 7) is 4.31. The van der Waals surface area contributed by atoms with Crippen LogP contribution in [0.5, 0.6) is 0 Å². The first-order valence-corrected chi connectivity index (χ1v) is 7.10. The summed E-state index contributed by atoms with van der Waals surface area (Å²) in [6.07, 6.45) is 5.57. The van der Waals surface area contributed by atoms with E-state index in [1.165, 1.54) is 36.0 Å². The molecule has 1 aromatic rings. The van der Waals surface area contributed by atoms with Crippen molar-refractivity contribution in [1.29, 1.82) is 0 Å². The molecule has 2 aliphatic heterocycles. The van der Waals surface area contributed by atoms with E-state index in [0.717, 1.165) is 6.42 Å². The highest BCUT2D eigenvalue weighted by Gasteiger charge is 2.43. The van der Waals surface area contributed by atoms with Crippen LogP contribution in [0.3, 0.4) is 0 Å². The Bertz CT molecular complexity index is 422. The summed E-state index contributed by atoms with van der Waals surface area (Å²) in [7, 11) is 0. The van der Waals surface area contributed by atoms with Crippen molar-refractivity contribution in [2.75, 3.05) is 0 Å². The SMILES string of the molecule is Cc1cc(C)cc(CC(N)C2CC3CCC2O3)c1. The number of ether oxygens (including phenoxy) is 1. The fourth-order valence-corrected chi connectivity index (χ4v) is 3.74. The Kier molecular flexibility index (Phi) is 3.16. The average molecular weight is 245 g/mol. The van der Waals surface area contributed by atoms with Crippen LogP contribution < -0.4 is 5.73 Å². The zero-order valence-corrected chi connectivity index (χ0v) is 11.4. The van der Waals surface area contributed by atoms with Crippen molar-refractivity contribution in [3.8, 4) is 0 Å². The topological polar surface area (TPSA) is 35.2 Å². The molecule has 2 fully saturated rings. The molecule has 0 aromatic heterocycles. The predicted molar refractivity (Wildman–Crippen MR) is 73.6 cm³/mol. The van der Waals surface area contributed by atoms with Crippen LogP contribution in [0.4, 0.5) is 0 Å². The molecule has 18 heavy (non-hydrogen) atoms. The van der Waals surface area contributed by atoms with Gasteiger partial charge in [0.05, 0.1) is 12.2 Å². The number of hydrogen-bond acceptors (Lipinski definition) is 2. The molecule has 0 radical (unpaired) electrons. The molecule has 2 heteroatoms. The highest BCUT2D eigenvalue weighted by Crippen LogP contribution is 2.40. The first-order valence-electron chi connectivity index (χ1n) is 7.10. The second-order valence-electron chi connectivity index (χ2n) is 6.14. The lowest BCUT2D eigenvalue weighted by Crippen LogP contribution is -2.38. The molecule has 3 rings (SSSR count). The van der Waals surface area contributed by atoms with Crippen LogP contribution >= 0.6 is 0 Å². The first-order chi connectivity index (χ1) is 8.61. The van der Waals surface area contributed by atoms with Crippen molar-refractivity contribution in [3.63, 3.8) is 0 Å². The summed E-state index contributed by atoms with van der Waals surface area (Å²) in [5, 5.41) is 0. The van der Waals surface area contributed by atoms with E-state index >= 15 is 0 Å². The van der Waals surface area contributed by atoms with Crippen molar-refractivity contribution in [2.24, 2.45) is 11.7 Å². The number of nitrogens with two attached hydrogens (primary N) is 1. The molecular weight excluding hydrogens is 222 g/mol. The Balaban J connectivity index is 1.68. The van der Waals surface area contributed by atoms with Crippen LogP contribution in [0.15, 0.2) is 18.2 Å². The Morgan fingerprint density at radius 1 is 1.22 bits per heavy atom. The number of fused-ring (bicyclic) bond motifs is 2. The second kappa shape index (κ2) is 4.67. The lowest BCUT2D eigenvalue weighted by Gasteiger charge is -2.25. The van der Waals surface area contributed by atoms with E-state index in [0.29, 0.717) is 18.1 Å². The van der Waals surface area contributed by atoms with Crippen LogP contribution in [0.1, 0.15) is 36.0 Å². The van der Waals surface area contributed by atoms with Gasteiger partial charge in [0.2, 0.25) is 0 Å². The first kappa shape index (κ1) is 12.2. The molecule has 2 bridgehead atoms. The summed E-state index contributed by atoms with van der Waals surface area (Å²) in [5.41, 5.74) is 10.5. The Hall–Kier alpha value is -0.860. The van der Waals surface area contributed by atoms with Gasteiger partial charge in [-0.1, -0.05) is 29.3 Å². The van der Waals surface area contributed by atoms with Crippen LogP contribution in [0.25, 0.3) is 0 Å². The molecular formula is C16H23NO. The minimum Gasteiger partial charge on any atom is -0.375 e. The Morgan fingerprint density at radius 3 is 2.50 bits per heavy atom. The van der Waals surface area contributed by atoms with E-state index in [2.05, 4.69) is 32.0 Å². The number of rotatable bonds is 3. The Morgan fingerprint density at radius 2 is 1.94 bits per heavy atom. The van der Waals surface area contributed by atoms with Gasteiger partial charge in [0.1, 0.15) is 0 Å². The molecule has 2 aliphatic rings. The monoisotopic (exact) mass is 245 g/mol. The van der Waals surface area contributed by atoms with Gasteiger partial charge >= 0.3 is 0 Å². The number of benzene rings is 1. The van der Waals surface area contributed by atoms with Gasteiger partial charge in [-0.2, -0.15) is 0 Å². The Labute approximate surface area is 110 Å². The van der Waals surface area contributed by atoms with Gasteiger partial charge in [-0.25, -0.2) is 0 Å². The van der Waals surface area contributed by atoms with Gasteiger partial charge in [0, 0.05) is 12.0 Å². The maximum absolute atomic E-state index is 6.42. The number of aryl methyl sites for hydroxylation is 2. The highest BCUT2D eigenvalue weighted by molar-refractivity contribution is 5.29. The van der Waals surface area contributed by atoms with E-state index < -0.39 is 0 Å². The standard InChI is InChI=1S/C16H23NO/c1-10-5-11(2)7-12(6-10)8-15(17)14-9-13-3-4-16(14)18-13/h5-7,13-16H,3-4,8-9,17H2,1-2H3. The summed E-state index contributed by atoms with van der Waals surface area (Å²) in [6, 6.07) is 7.00. The quantitative estimate of drug-likeness (QED) is 0.888. The van der Waals surface area contributed by atoms with Crippen LogP contribution in [0, 0.1) is 19.8 Å². The predicted octanol–water partition coefficient (Wildman–Crippen LogP) is 2.74. The minimum atomic E-state index is 0.251. The fourth-order valence-electron chi connectivity index (χ4n) is 3.74. The summed E-state index contributed by atoms with van der Waals surface area (Å²) < 4.78 is 5.91. The zero-order chi connectivity index (χ0) is 12.7. The average Bonchev–Trinajstić information content (AvgIpc) is 2.88. The zero-order valence-electron chi connectivity index (χ0n) is 11.4. The van der Waals surface area contributed by atoms with Crippen molar-refractivity contribution in [2.45, 2.75) is 57.8 Å². The normalized spacial score (nSPS) is 31.8. The summed E-state index contributed by atoms with van der Waals surface area (Å²) in [4.78, 5) is 0. The van der Waals surface area contributed by atoms with Gasteiger partial charge < -0.3 is 10.5 Å².